The lowest BCUT2D eigenvalue weighted by Crippen LogP contribution is -2.29. The summed E-state index contributed by atoms with van der Waals surface area (Å²) in [5.41, 5.74) is 2.19. The molecule has 0 aliphatic heterocycles. The van der Waals surface area contributed by atoms with Crippen LogP contribution in [0.15, 0.2) is 24.3 Å². The second-order valence-corrected chi connectivity index (χ2v) is 4.45. The maximum atomic E-state index is 11.4. The molecule has 2 fully saturated rings. The van der Waals surface area contributed by atoms with Crippen molar-refractivity contribution in [2.75, 3.05) is 0 Å². The van der Waals surface area contributed by atoms with E-state index in [4.69, 9.17) is 0 Å². The van der Waals surface area contributed by atoms with E-state index >= 15 is 0 Å². The van der Waals surface area contributed by atoms with Crippen molar-refractivity contribution in [2.24, 2.45) is 11.8 Å². The largest absolute Gasteiger partial charge is 0.295 e. The summed E-state index contributed by atoms with van der Waals surface area (Å²) in [5.74, 6) is 1.59. The maximum Gasteiger partial charge on any atom is 0.158 e. The standard InChI is InChI=1S/C12H16O/c1-8-3-4-10-6-9(2)12(13)7-11(10)5-8/h10-11H,1-7H2. The van der Waals surface area contributed by atoms with Gasteiger partial charge < -0.3 is 0 Å². The summed E-state index contributed by atoms with van der Waals surface area (Å²) in [4.78, 5) is 11.4. The van der Waals surface area contributed by atoms with E-state index in [0.29, 0.717) is 5.92 Å². The number of fused-ring (bicyclic) bond motifs is 1. The molecule has 0 heterocycles. The maximum absolute atomic E-state index is 11.4. The van der Waals surface area contributed by atoms with E-state index in [1.807, 2.05) is 0 Å². The second-order valence-electron chi connectivity index (χ2n) is 4.45. The zero-order valence-electron chi connectivity index (χ0n) is 8.01. The van der Waals surface area contributed by atoms with Gasteiger partial charge in [-0.1, -0.05) is 18.7 Å². The molecule has 0 aromatic heterocycles. The van der Waals surface area contributed by atoms with Crippen molar-refractivity contribution in [3.8, 4) is 0 Å². The molecule has 2 rings (SSSR count). The molecule has 0 bridgehead atoms. The molecule has 13 heavy (non-hydrogen) atoms. The van der Waals surface area contributed by atoms with Crippen LogP contribution in [0.25, 0.3) is 0 Å². The van der Waals surface area contributed by atoms with Crippen molar-refractivity contribution in [3.05, 3.63) is 24.3 Å². The Kier molecular flexibility index (Phi) is 2.10. The molecule has 1 nitrogen and oxygen atoms in total. The summed E-state index contributed by atoms with van der Waals surface area (Å²) in [6, 6.07) is 0. The average molecular weight is 176 g/mol. The van der Waals surface area contributed by atoms with Crippen LogP contribution in [-0.4, -0.2) is 5.78 Å². The molecule has 2 atom stereocenters. The number of Topliss-reactive ketones (excluding diaryl/α,β-unsaturated/α-hetero) is 1. The highest BCUT2D eigenvalue weighted by molar-refractivity contribution is 5.95. The van der Waals surface area contributed by atoms with Crippen LogP contribution in [0.4, 0.5) is 0 Å². The Bertz CT molecular complexity index is 275. The summed E-state index contributed by atoms with van der Waals surface area (Å²) < 4.78 is 0. The van der Waals surface area contributed by atoms with Gasteiger partial charge in [0.2, 0.25) is 0 Å². The minimum Gasteiger partial charge on any atom is -0.295 e. The van der Waals surface area contributed by atoms with E-state index in [1.54, 1.807) is 0 Å². The van der Waals surface area contributed by atoms with Gasteiger partial charge >= 0.3 is 0 Å². The van der Waals surface area contributed by atoms with Gasteiger partial charge in [0, 0.05) is 6.42 Å². The van der Waals surface area contributed by atoms with E-state index in [1.165, 1.54) is 12.0 Å². The molecule has 0 spiro atoms. The first kappa shape index (κ1) is 8.74. The van der Waals surface area contributed by atoms with E-state index in [9.17, 15) is 4.79 Å². The van der Waals surface area contributed by atoms with Crippen LogP contribution < -0.4 is 0 Å². The predicted molar refractivity (Wildman–Crippen MR) is 53.4 cm³/mol. The SMILES string of the molecule is C=C1CCC2CC(=C)C(=O)CC2C1. The van der Waals surface area contributed by atoms with Crippen molar-refractivity contribution >= 4 is 5.78 Å². The summed E-state index contributed by atoms with van der Waals surface area (Å²) in [6.45, 7) is 7.85. The Hall–Kier alpha value is -0.850. The summed E-state index contributed by atoms with van der Waals surface area (Å²) in [5, 5.41) is 0. The first-order valence-corrected chi connectivity index (χ1v) is 5.04. The number of hydrogen-bond donors (Lipinski definition) is 0. The van der Waals surface area contributed by atoms with E-state index < -0.39 is 0 Å². The van der Waals surface area contributed by atoms with Gasteiger partial charge in [-0.05, 0) is 43.1 Å². The lowest BCUT2D eigenvalue weighted by molar-refractivity contribution is -0.118. The third kappa shape index (κ3) is 1.60. The van der Waals surface area contributed by atoms with Gasteiger partial charge in [-0.25, -0.2) is 0 Å². The third-order valence-corrected chi connectivity index (χ3v) is 3.44. The van der Waals surface area contributed by atoms with Gasteiger partial charge in [0.1, 0.15) is 0 Å². The third-order valence-electron chi connectivity index (χ3n) is 3.44. The first-order chi connectivity index (χ1) is 6.16. The van der Waals surface area contributed by atoms with Gasteiger partial charge in [0.25, 0.3) is 0 Å². The summed E-state index contributed by atoms with van der Waals surface area (Å²) in [7, 11) is 0. The Morgan fingerprint density at radius 1 is 1.08 bits per heavy atom. The molecule has 0 saturated heterocycles. The lowest BCUT2D eigenvalue weighted by atomic mass is 9.68. The molecule has 70 valence electrons. The Morgan fingerprint density at radius 2 is 1.85 bits per heavy atom. The van der Waals surface area contributed by atoms with Gasteiger partial charge in [-0.2, -0.15) is 0 Å². The van der Waals surface area contributed by atoms with Gasteiger partial charge in [0.05, 0.1) is 0 Å². The molecule has 0 aromatic carbocycles. The van der Waals surface area contributed by atoms with Crippen LogP contribution in [0, 0.1) is 11.8 Å². The quantitative estimate of drug-likeness (QED) is 0.409. The number of rotatable bonds is 0. The highest BCUT2D eigenvalue weighted by Crippen LogP contribution is 2.41. The highest BCUT2D eigenvalue weighted by Gasteiger charge is 2.33. The van der Waals surface area contributed by atoms with Crippen molar-refractivity contribution in [2.45, 2.75) is 32.1 Å². The Labute approximate surface area is 79.5 Å². The highest BCUT2D eigenvalue weighted by atomic mass is 16.1. The minimum atomic E-state index is 0.288. The molecule has 2 aliphatic rings. The van der Waals surface area contributed by atoms with Crippen LogP contribution in [0.1, 0.15) is 32.1 Å². The summed E-state index contributed by atoms with van der Waals surface area (Å²) >= 11 is 0. The normalized spacial score (nSPS) is 34.6. The van der Waals surface area contributed by atoms with Crippen molar-refractivity contribution in [1.82, 2.24) is 0 Å². The lowest BCUT2D eigenvalue weighted by Gasteiger charge is -2.36. The molecule has 1 heteroatoms. The molecule has 2 unspecified atom stereocenters. The predicted octanol–water partition coefficient (Wildman–Crippen LogP) is 2.88. The number of carbonyl (C=O) groups excluding carboxylic acids is 1. The molecule has 0 radical (unpaired) electrons. The fourth-order valence-electron chi connectivity index (χ4n) is 2.59. The van der Waals surface area contributed by atoms with E-state index in [-0.39, 0.29) is 5.78 Å². The number of hydrogen-bond acceptors (Lipinski definition) is 1. The topological polar surface area (TPSA) is 17.1 Å². The minimum absolute atomic E-state index is 0.288. The molecule has 2 saturated carbocycles. The first-order valence-electron chi connectivity index (χ1n) is 5.04. The molecule has 0 amide bonds. The molecule has 0 N–H and O–H groups in total. The van der Waals surface area contributed by atoms with Crippen LogP contribution in [0.2, 0.25) is 0 Å². The molecular formula is C12H16O. The van der Waals surface area contributed by atoms with Crippen molar-refractivity contribution < 1.29 is 4.79 Å². The number of ketones is 1. The molecule has 2 aliphatic carbocycles. The second kappa shape index (κ2) is 3.13. The smallest absolute Gasteiger partial charge is 0.158 e. The van der Waals surface area contributed by atoms with Crippen molar-refractivity contribution in [1.29, 1.82) is 0 Å². The number of carbonyl (C=O) groups is 1. The Morgan fingerprint density at radius 3 is 2.62 bits per heavy atom. The fourth-order valence-corrected chi connectivity index (χ4v) is 2.59. The van der Waals surface area contributed by atoms with E-state index in [0.717, 1.165) is 37.2 Å². The monoisotopic (exact) mass is 176 g/mol. The fraction of sp³-hybridized carbons (Fsp3) is 0.583. The van der Waals surface area contributed by atoms with Crippen LogP contribution in [0.3, 0.4) is 0 Å². The average Bonchev–Trinajstić information content (AvgIpc) is 2.08. The van der Waals surface area contributed by atoms with Gasteiger partial charge in [-0.3, -0.25) is 4.79 Å². The van der Waals surface area contributed by atoms with Crippen LogP contribution >= 0.6 is 0 Å². The Balaban J connectivity index is 2.10. The van der Waals surface area contributed by atoms with Gasteiger partial charge in [0.15, 0.2) is 5.78 Å². The van der Waals surface area contributed by atoms with E-state index in [2.05, 4.69) is 13.2 Å². The number of allylic oxidation sites excluding steroid dienone is 2. The summed E-state index contributed by atoms with van der Waals surface area (Å²) in [6.07, 6.45) is 5.11. The van der Waals surface area contributed by atoms with Gasteiger partial charge in [-0.15, -0.1) is 0 Å². The molecule has 0 aromatic rings. The van der Waals surface area contributed by atoms with Crippen LogP contribution in [0.5, 0.6) is 0 Å². The van der Waals surface area contributed by atoms with Crippen molar-refractivity contribution in [3.63, 3.8) is 0 Å². The molecular weight excluding hydrogens is 160 g/mol. The van der Waals surface area contributed by atoms with Crippen LogP contribution in [-0.2, 0) is 4.79 Å². The zero-order chi connectivity index (χ0) is 9.42. The zero-order valence-corrected chi connectivity index (χ0v) is 8.01.